The van der Waals surface area contributed by atoms with Crippen molar-refractivity contribution in [1.82, 2.24) is 14.7 Å². The van der Waals surface area contributed by atoms with Gasteiger partial charge in [0.15, 0.2) is 5.69 Å². The summed E-state index contributed by atoms with van der Waals surface area (Å²) in [4.78, 5) is 37.2. The summed E-state index contributed by atoms with van der Waals surface area (Å²) in [6.07, 6.45) is 1.48. The highest BCUT2D eigenvalue weighted by molar-refractivity contribution is 6.08. The van der Waals surface area contributed by atoms with Crippen LogP contribution in [0.25, 0.3) is 5.69 Å². The molecule has 3 rings (SSSR count). The van der Waals surface area contributed by atoms with Gasteiger partial charge in [0, 0.05) is 12.7 Å². The van der Waals surface area contributed by atoms with Crippen LogP contribution < -0.4 is 5.32 Å². The lowest BCUT2D eigenvalue weighted by atomic mass is 10.2. The van der Waals surface area contributed by atoms with Crippen molar-refractivity contribution in [2.24, 2.45) is 0 Å². The summed E-state index contributed by atoms with van der Waals surface area (Å²) in [6.45, 7) is -0.149. The first kappa shape index (κ1) is 19.1. The Morgan fingerprint density at radius 1 is 1.29 bits per heavy atom. The van der Waals surface area contributed by atoms with Crippen LogP contribution in [0, 0.1) is 0 Å². The fourth-order valence-electron chi connectivity index (χ4n) is 2.83. The number of esters is 1. The van der Waals surface area contributed by atoms with Crippen molar-refractivity contribution in [3.63, 3.8) is 0 Å². The van der Waals surface area contributed by atoms with Crippen LogP contribution in [0.4, 0.5) is 5.69 Å². The summed E-state index contributed by atoms with van der Waals surface area (Å²) < 4.78 is 6.12. The van der Waals surface area contributed by atoms with Crippen molar-refractivity contribution in [3.05, 3.63) is 53.5 Å². The number of para-hydroxylation sites is 2. The highest BCUT2D eigenvalue weighted by Gasteiger charge is 2.34. The number of aliphatic hydroxyl groups is 1. The van der Waals surface area contributed by atoms with Crippen LogP contribution in [-0.2, 0) is 14.3 Å². The zero-order valence-corrected chi connectivity index (χ0v) is 15.0. The van der Waals surface area contributed by atoms with Gasteiger partial charge in [-0.15, -0.1) is 0 Å². The summed E-state index contributed by atoms with van der Waals surface area (Å²) in [6, 6.07) is 8.15. The van der Waals surface area contributed by atoms with Gasteiger partial charge in [-0.3, -0.25) is 4.79 Å². The molecule has 2 aromatic rings. The molecule has 0 atom stereocenters. The van der Waals surface area contributed by atoms with Crippen molar-refractivity contribution < 1.29 is 29.3 Å². The number of nitrogens with zero attached hydrogens (tertiary/aromatic N) is 3. The van der Waals surface area contributed by atoms with Crippen molar-refractivity contribution in [1.29, 1.82) is 0 Å². The van der Waals surface area contributed by atoms with E-state index in [-0.39, 0.29) is 36.7 Å². The van der Waals surface area contributed by atoms with Crippen LogP contribution >= 0.6 is 0 Å². The monoisotopic (exact) mass is 386 g/mol. The number of carboxylic acid groups (broad SMARTS) is 1. The molecule has 10 heteroatoms. The molecule has 0 saturated carbocycles. The number of aliphatic hydroxyl groups excluding tert-OH is 1. The number of aromatic carboxylic acids is 1. The Balaban J connectivity index is 1.98. The second-order valence-electron chi connectivity index (χ2n) is 5.89. The molecule has 146 valence electrons. The molecular weight excluding hydrogens is 368 g/mol. The molecule has 0 fully saturated rings. The third-order valence-electron chi connectivity index (χ3n) is 4.17. The number of ether oxygens (including phenoxy) is 1. The molecule has 0 unspecified atom stereocenters. The maximum Gasteiger partial charge on any atom is 0.356 e. The van der Waals surface area contributed by atoms with Crippen LogP contribution in [-0.4, -0.2) is 69.5 Å². The molecule has 1 aromatic heterocycles. The number of benzene rings is 1. The SMILES string of the molecule is COC(=O)C1=C(Nc2ccccc2-n2ccc(C(=O)O)n2)C(=O)N(CCO)C1. The Labute approximate surface area is 159 Å². The fraction of sp³-hybridized carbons (Fsp3) is 0.222. The summed E-state index contributed by atoms with van der Waals surface area (Å²) in [5, 5.41) is 25.1. The standard InChI is InChI=1S/C18H18N4O6/c1-28-18(27)11-10-21(8-9-23)16(24)15(11)19-12-4-2-3-5-14(12)22-7-6-13(20-22)17(25)26/h2-7,19,23H,8-10H2,1H3,(H,25,26). The minimum atomic E-state index is -1.16. The molecule has 10 nitrogen and oxygen atoms in total. The topological polar surface area (TPSA) is 134 Å². The van der Waals surface area contributed by atoms with Crippen molar-refractivity contribution in [2.75, 3.05) is 32.1 Å². The van der Waals surface area contributed by atoms with E-state index in [9.17, 15) is 14.4 Å². The molecule has 0 spiro atoms. The lowest BCUT2D eigenvalue weighted by Gasteiger charge is -2.16. The average molecular weight is 386 g/mol. The van der Waals surface area contributed by atoms with Gasteiger partial charge < -0.3 is 25.2 Å². The van der Waals surface area contributed by atoms with E-state index in [1.54, 1.807) is 24.3 Å². The van der Waals surface area contributed by atoms with Crippen molar-refractivity contribution >= 4 is 23.5 Å². The number of carboxylic acids is 1. The van der Waals surface area contributed by atoms with Crippen LogP contribution in [0.1, 0.15) is 10.5 Å². The average Bonchev–Trinajstić information content (AvgIpc) is 3.29. The predicted molar refractivity (Wildman–Crippen MR) is 96.9 cm³/mol. The number of aromatic nitrogens is 2. The largest absolute Gasteiger partial charge is 0.476 e. The first-order chi connectivity index (χ1) is 13.5. The molecule has 1 aliphatic rings. The van der Waals surface area contributed by atoms with Gasteiger partial charge in [0.25, 0.3) is 5.91 Å². The molecule has 2 heterocycles. The van der Waals surface area contributed by atoms with Gasteiger partial charge in [-0.25, -0.2) is 14.3 Å². The highest BCUT2D eigenvalue weighted by atomic mass is 16.5. The lowest BCUT2D eigenvalue weighted by Crippen LogP contribution is -2.31. The van der Waals surface area contributed by atoms with E-state index in [0.717, 1.165) is 0 Å². The second kappa shape index (κ2) is 7.92. The van der Waals surface area contributed by atoms with Crippen LogP contribution in [0.5, 0.6) is 0 Å². The fourth-order valence-corrected chi connectivity index (χ4v) is 2.83. The number of carbonyl (C=O) groups is 3. The molecule has 1 aliphatic heterocycles. The van der Waals surface area contributed by atoms with E-state index in [1.807, 2.05) is 0 Å². The molecule has 0 radical (unpaired) electrons. The Bertz CT molecular complexity index is 964. The summed E-state index contributed by atoms with van der Waals surface area (Å²) in [7, 11) is 1.22. The van der Waals surface area contributed by atoms with Gasteiger partial charge in [0.05, 0.1) is 37.2 Å². The number of hydrogen-bond donors (Lipinski definition) is 3. The van der Waals surface area contributed by atoms with Gasteiger partial charge in [-0.1, -0.05) is 12.1 Å². The van der Waals surface area contributed by atoms with E-state index >= 15 is 0 Å². The molecule has 1 amide bonds. The number of hydrogen-bond acceptors (Lipinski definition) is 7. The van der Waals surface area contributed by atoms with Gasteiger partial charge in [-0.2, -0.15) is 5.10 Å². The molecule has 3 N–H and O–H groups in total. The van der Waals surface area contributed by atoms with E-state index < -0.39 is 17.8 Å². The maximum absolute atomic E-state index is 12.7. The van der Waals surface area contributed by atoms with E-state index in [4.69, 9.17) is 14.9 Å². The lowest BCUT2D eigenvalue weighted by molar-refractivity contribution is -0.136. The van der Waals surface area contributed by atoms with Gasteiger partial charge >= 0.3 is 11.9 Å². The number of amides is 1. The summed E-state index contributed by atoms with van der Waals surface area (Å²) in [5.41, 5.74) is 0.981. The number of rotatable bonds is 7. The highest BCUT2D eigenvalue weighted by Crippen LogP contribution is 2.26. The van der Waals surface area contributed by atoms with E-state index in [0.29, 0.717) is 11.4 Å². The van der Waals surface area contributed by atoms with Crippen LogP contribution in [0.2, 0.25) is 0 Å². The van der Waals surface area contributed by atoms with Gasteiger partial charge in [-0.05, 0) is 18.2 Å². The van der Waals surface area contributed by atoms with Gasteiger partial charge in [0.2, 0.25) is 0 Å². The Morgan fingerprint density at radius 2 is 2.04 bits per heavy atom. The summed E-state index contributed by atoms with van der Waals surface area (Å²) in [5.74, 6) is -2.26. The number of anilines is 1. The Morgan fingerprint density at radius 3 is 2.68 bits per heavy atom. The normalized spacial score (nSPS) is 13.8. The van der Waals surface area contributed by atoms with Crippen molar-refractivity contribution in [3.8, 4) is 5.69 Å². The number of carbonyl (C=O) groups excluding carboxylic acids is 2. The predicted octanol–water partition coefficient (Wildman–Crippen LogP) is 0.244. The Hall–Kier alpha value is -3.66. The molecular formula is C18H18N4O6. The third-order valence-corrected chi connectivity index (χ3v) is 4.17. The zero-order chi connectivity index (χ0) is 20.3. The Kier molecular flexibility index (Phi) is 5.41. The first-order valence-electron chi connectivity index (χ1n) is 8.33. The molecule has 0 aliphatic carbocycles. The summed E-state index contributed by atoms with van der Waals surface area (Å²) >= 11 is 0. The quantitative estimate of drug-likeness (QED) is 0.577. The minimum absolute atomic E-state index is 0.0154. The van der Waals surface area contributed by atoms with E-state index in [2.05, 4.69) is 10.4 Å². The van der Waals surface area contributed by atoms with Crippen molar-refractivity contribution in [2.45, 2.75) is 0 Å². The van der Waals surface area contributed by atoms with Crippen LogP contribution in [0.3, 0.4) is 0 Å². The van der Waals surface area contributed by atoms with Gasteiger partial charge in [0.1, 0.15) is 5.70 Å². The zero-order valence-electron chi connectivity index (χ0n) is 15.0. The number of β-amino-alcohol motifs (C(OH)–C–C–N with tert-alkyl or cyclic N) is 1. The van der Waals surface area contributed by atoms with E-state index in [1.165, 1.54) is 29.0 Å². The number of methoxy groups -OCH3 is 1. The number of nitrogens with one attached hydrogen (secondary N) is 1. The molecule has 0 saturated heterocycles. The third kappa shape index (κ3) is 3.58. The van der Waals surface area contributed by atoms with Crippen LogP contribution in [0.15, 0.2) is 47.8 Å². The minimum Gasteiger partial charge on any atom is -0.476 e. The molecule has 0 bridgehead atoms. The first-order valence-corrected chi connectivity index (χ1v) is 8.33. The molecule has 28 heavy (non-hydrogen) atoms. The molecule has 1 aromatic carbocycles. The smallest absolute Gasteiger partial charge is 0.356 e. The second-order valence-corrected chi connectivity index (χ2v) is 5.89. The maximum atomic E-state index is 12.7.